The van der Waals surface area contributed by atoms with Crippen LogP contribution in [-0.4, -0.2) is 29.6 Å². The number of fused-ring (bicyclic) bond motifs is 1. The molecule has 4 nitrogen and oxygen atoms in total. The minimum absolute atomic E-state index is 0.526. The van der Waals surface area contributed by atoms with Crippen LogP contribution in [0.3, 0.4) is 0 Å². The second kappa shape index (κ2) is 6.05. The zero-order chi connectivity index (χ0) is 15.6. The van der Waals surface area contributed by atoms with Crippen molar-refractivity contribution in [3.05, 3.63) is 54.5 Å². The van der Waals surface area contributed by atoms with Crippen molar-refractivity contribution in [1.29, 1.82) is 0 Å². The molecule has 3 heterocycles. The normalized spacial score (nSPS) is 15.9. The Labute approximate surface area is 136 Å². The maximum atomic E-state index is 5.26. The first-order valence-electron chi connectivity index (χ1n) is 8.19. The SMILES string of the molecule is COc1ccc(-c2nc(C3CCNCC3)n3ccccc23)cc1. The molecule has 1 aliphatic heterocycles. The van der Waals surface area contributed by atoms with Gasteiger partial charge in [0.15, 0.2) is 0 Å². The Hall–Kier alpha value is -2.33. The zero-order valence-electron chi connectivity index (χ0n) is 13.3. The lowest BCUT2D eigenvalue weighted by molar-refractivity contribution is 0.415. The molecule has 1 aromatic carbocycles. The van der Waals surface area contributed by atoms with E-state index in [2.05, 4.69) is 46.2 Å². The molecule has 1 aliphatic rings. The highest BCUT2D eigenvalue weighted by atomic mass is 16.5. The van der Waals surface area contributed by atoms with E-state index in [9.17, 15) is 0 Å². The van der Waals surface area contributed by atoms with Gasteiger partial charge in [-0.2, -0.15) is 0 Å². The monoisotopic (exact) mass is 307 g/mol. The molecule has 0 radical (unpaired) electrons. The molecule has 4 rings (SSSR count). The summed E-state index contributed by atoms with van der Waals surface area (Å²) in [5.41, 5.74) is 3.36. The van der Waals surface area contributed by atoms with E-state index in [1.807, 2.05) is 12.1 Å². The predicted molar refractivity (Wildman–Crippen MR) is 92.0 cm³/mol. The number of nitrogens with one attached hydrogen (secondary N) is 1. The van der Waals surface area contributed by atoms with Crippen molar-refractivity contribution in [3.63, 3.8) is 0 Å². The van der Waals surface area contributed by atoms with Gasteiger partial charge < -0.3 is 14.5 Å². The molecule has 0 spiro atoms. The molecule has 118 valence electrons. The quantitative estimate of drug-likeness (QED) is 0.805. The van der Waals surface area contributed by atoms with E-state index in [1.165, 1.54) is 11.3 Å². The number of imidazole rings is 1. The summed E-state index contributed by atoms with van der Waals surface area (Å²) in [4.78, 5) is 5.03. The molecule has 3 aromatic rings. The molecule has 0 amide bonds. The molecule has 23 heavy (non-hydrogen) atoms. The Kier molecular flexibility index (Phi) is 3.75. The van der Waals surface area contributed by atoms with E-state index in [0.29, 0.717) is 5.92 Å². The van der Waals surface area contributed by atoms with E-state index in [-0.39, 0.29) is 0 Å². The lowest BCUT2D eigenvalue weighted by atomic mass is 9.97. The van der Waals surface area contributed by atoms with Crippen LogP contribution in [0.2, 0.25) is 0 Å². The summed E-state index contributed by atoms with van der Waals surface area (Å²) in [5, 5.41) is 3.43. The fourth-order valence-corrected chi connectivity index (χ4v) is 3.39. The van der Waals surface area contributed by atoms with E-state index in [1.54, 1.807) is 7.11 Å². The Balaban J connectivity index is 1.82. The third-order valence-electron chi connectivity index (χ3n) is 4.64. The number of rotatable bonds is 3. The standard InChI is InChI=1S/C19H21N3O/c1-23-16-7-5-14(6-8-16)18-17-4-2-3-13-22(17)19(21-18)15-9-11-20-12-10-15/h2-8,13,15,20H,9-12H2,1H3. The highest BCUT2D eigenvalue weighted by molar-refractivity contribution is 5.78. The molecular formula is C19H21N3O. The molecule has 2 aromatic heterocycles. The minimum Gasteiger partial charge on any atom is -0.497 e. The molecule has 0 saturated carbocycles. The summed E-state index contributed by atoms with van der Waals surface area (Å²) in [6.07, 6.45) is 4.43. The minimum atomic E-state index is 0.526. The number of pyridine rings is 1. The summed E-state index contributed by atoms with van der Waals surface area (Å²) >= 11 is 0. The van der Waals surface area contributed by atoms with Gasteiger partial charge in [0.05, 0.1) is 18.3 Å². The largest absolute Gasteiger partial charge is 0.497 e. The van der Waals surface area contributed by atoms with Gasteiger partial charge in [-0.25, -0.2) is 4.98 Å². The molecule has 0 atom stereocenters. The number of benzene rings is 1. The number of aromatic nitrogens is 2. The number of piperidine rings is 1. The Morgan fingerprint density at radius 2 is 1.87 bits per heavy atom. The van der Waals surface area contributed by atoms with E-state index in [0.717, 1.165) is 42.9 Å². The number of ether oxygens (including phenoxy) is 1. The molecule has 4 heteroatoms. The van der Waals surface area contributed by atoms with Gasteiger partial charge in [0, 0.05) is 17.7 Å². The van der Waals surface area contributed by atoms with Crippen molar-refractivity contribution in [2.75, 3.05) is 20.2 Å². The van der Waals surface area contributed by atoms with Crippen molar-refractivity contribution in [1.82, 2.24) is 14.7 Å². The van der Waals surface area contributed by atoms with Crippen LogP contribution in [0.5, 0.6) is 5.75 Å². The van der Waals surface area contributed by atoms with Crippen LogP contribution >= 0.6 is 0 Å². The Morgan fingerprint density at radius 3 is 2.61 bits per heavy atom. The number of nitrogens with zero attached hydrogens (tertiary/aromatic N) is 2. The smallest absolute Gasteiger partial charge is 0.118 e. The first-order chi connectivity index (χ1) is 11.4. The third-order valence-corrected chi connectivity index (χ3v) is 4.64. The average molecular weight is 307 g/mol. The first kappa shape index (κ1) is 14.3. The van der Waals surface area contributed by atoms with Crippen molar-refractivity contribution in [2.24, 2.45) is 0 Å². The van der Waals surface area contributed by atoms with Gasteiger partial charge in [0.1, 0.15) is 11.6 Å². The molecule has 0 bridgehead atoms. The van der Waals surface area contributed by atoms with Crippen LogP contribution in [0.1, 0.15) is 24.6 Å². The van der Waals surface area contributed by atoms with Crippen molar-refractivity contribution >= 4 is 5.52 Å². The highest BCUT2D eigenvalue weighted by Crippen LogP contribution is 2.32. The van der Waals surface area contributed by atoms with Gasteiger partial charge in [0.25, 0.3) is 0 Å². The molecular weight excluding hydrogens is 286 g/mol. The second-order valence-electron chi connectivity index (χ2n) is 6.03. The van der Waals surface area contributed by atoms with Crippen LogP contribution in [0.4, 0.5) is 0 Å². The predicted octanol–water partition coefficient (Wildman–Crippen LogP) is 3.48. The lowest BCUT2D eigenvalue weighted by Crippen LogP contribution is -2.27. The summed E-state index contributed by atoms with van der Waals surface area (Å²) in [6, 6.07) is 14.5. The molecule has 1 N–H and O–H groups in total. The van der Waals surface area contributed by atoms with Gasteiger partial charge in [0.2, 0.25) is 0 Å². The first-order valence-corrected chi connectivity index (χ1v) is 8.19. The Bertz CT molecular complexity index is 801. The second-order valence-corrected chi connectivity index (χ2v) is 6.03. The van der Waals surface area contributed by atoms with E-state index >= 15 is 0 Å². The number of methoxy groups -OCH3 is 1. The Morgan fingerprint density at radius 1 is 1.09 bits per heavy atom. The third kappa shape index (κ3) is 2.59. The van der Waals surface area contributed by atoms with Crippen LogP contribution in [-0.2, 0) is 0 Å². The van der Waals surface area contributed by atoms with Gasteiger partial charge in [-0.05, 0) is 62.3 Å². The van der Waals surface area contributed by atoms with Gasteiger partial charge in [-0.3, -0.25) is 0 Å². The van der Waals surface area contributed by atoms with Crippen LogP contribution < -0.4 is 10.1 Å². The van der Waals surface area contributed by atoms with Crippen LogP contribution in [0.15, 0.2) is 48.7 Å². The fourth-order valence-electron chi connectivity index (χ4n) is 3.39. The summed E-state index contributed by atoms with van der Waals surface area (Å²) in [7, 11) is 1.69. The average Bonchev–Trinajstić information content (AvgIpc) is 3.02. The maximum absolute atomic E-state index is 5.26. The highest BCUT2D eigenvalue weighted by Gasteiger charge is 2.22. The van der Waals surface area contributed by atoms with Crippen LogP contribution in [0, 0.1) is 0 Å². The van der Waals surface area contributed by atoms with Gasteiger partial charge in [-0.15, -0.1) is 0 Å². The van der Waals surface area contributed by atoms with E-state index in [4.69, 9.17) is 9.72 Å². The van der Waals surface area contributed by atoms with Crippen molar-refractivity contribution in [3.8, 4) is 17.0 Å². The lowest BCUT2D eigenvalue weighted by Gasteiger charge is -2.21. The molecule has 0 aliphatic carbocycles. The summed E-state index contributed by atoms with van der Waals surface area (Å²) in [6.45, 7) is 2.15. The van der Waals surface area contributed by atoms with E-state index < -0.39 is 0 Å². The molecule has 0 unspecified atom stereocenters. The molecule has 1 saturated heterocycles. The van der Waals surface area contributed by atoms with Crippen LogP contribution in [0.25, 0.3) is 16.8 Å². The van der Waals surface area contributed by atoms with Crippen molar-refractivity contribution in [2.45, 2.75) is 18.8 Å². The van der Waals surface area contributed by atoms with Gasteiger partial charge >= 0.3 is 0 Å². The fraction of sp³-hybridized carbons (Fsp3) is 0.316. The zero-order valence-corrected chi connectivity index (χ0v) is 13.3. The van der Waals surface area contributed by atoms with Gasteiger partial charge in [-0.1, -0.05) is 6.07 Å². The topological polar surface area (TPSA) is 38.6 Å². The maximum Gasteiger partial charge on any atom is 0.118 e. The summed E-state index contributed by atoms with van der Waals surface area (Å²) < 4.78 is 7.52. The van der Waals surface area contributed by atoms with Crippen molar-refractivity contribution < 1.29 is 4.74 Å². The number of hydrogen-bond acceptors (Lipinski definition) is 3. The number of hydrogen-bond donors (Lipinski definition) is 1. The summed E-state index contributed by atoms with van der Waals surface area (Å²) in [5.74, 6) is 2.59. The molecule has 1 fully saturated rings.